The Bertz CT molecular complexity index is 358. The normalized spacial score (nSPS) is 13.5. The van der Waals surface area contributed by atoms with Gasteiger partial charge in [-0.25, -0.2) is 0 Å². The molecule has 0 heterocycles. The second-order valence-electron chi connectivity index (χ2n) is 3.44. The lowest BCUT2D eigenvalue weighted by Crippen LogP contribution is -2.26. The second kappa shape index (κ2) is 6.70. The minimum absolute atomic E-state index is 0.0515. The van der Waals surface area contributed by atoms with Gasteiger partial charge in [0, 0.05) is 21.6 Å². The summed E-state index contributed by atoms with van der Waals surface area (Å²) in [5.41, 5.74) is 0.199. The maximum atomic E-state index is 10.9. The van der Waals surface area contributed by atoms with Crippen LogP contribution in [-0.2, 0) is 0 Å². The monoisotopic (exact) mass is 308 g/mol. The van der Waals surface area contributed by atoms with Crippen molar-refractivity contribution in [1.29, 1.82) is 0 Å². The Morgan fingerprint density at radius 3 is 2.38 bits per heavy atom. The van der Waals surface area contributed by atoms with E-state index < -0.39 is 4.92 Å². The summed E-state index contributed by atoms with van der Waals surface area (Å²) in [5.74, 6) is 0. The fourth-order valence-electron chi connectivity index (χ4n) is 1.00. The summed E-state index contributed by atoms with van der Waals surface area (Å²) in [6.45, 7) is 8.89. The van der Waals surface area contributed by atoms with Crippen molar-refractivity contribution >= 4 is 27.5 Å². The summed E-state index contributed by atoms with van der Waals surface area (Å²) in [7, 11) is 0. The molecule has 90 valence electrons. The van der Waals surface area contributed by atoms with Gasteiger partial charge in [0.25, 0.3) is 5.70 Å². The number of rotatable bonds is 5. The Kier molecular flexibility index (Phi) is 6.36. The van der Waals surface area contributed by atoms with Crippen molar-refractivity contribution in [3.05, 3.63) is 43.7 Å². The van der Waals surface area contributed by atoms with E-state index in [1.165, 1.54) is 6.08 Å². The van der Waals surface area contributed by atoms with Crippen molar-refractivity contribution < 1.29 is 4.92 Å². The predicted octanol–water partition coefficient (Wildman–Crippen LogP) is 3.52. The Balaban J connectivity index is 5.40. The fraction of sp³-hybridized carbons (Fsp3) is 0.400. The third-order valence-corrected chi connectivity index (χ3v) is 1.94. The Hall–Kier alpha value is -0.810. The average Bonchev–Trinajstić information content (AvgIpc) is 2.09. The zero-order valence-electron chi connectivity index (χ0n) is 9.38. The number of allylic oxidation sites excluding steroid dienone is 3. The van der Waals surface area contributed by atoms with E-state index in [9.17, 15) is 10.1 Å². The molecule has 0 aliphatic heterocycles. The van der Waals surface area contributed by atoms with Gasteiger partial charge >= 0.3 is 0 Å². The first kappa shape index (κ1) is 15.2. The maximum Gasteiger partial charge on any atom is 0.294 e. The molecule has 0 saturated carbocycles. The number of halogens is 2. The van der Waals surface area contributed by atoms with Crippen LogP contribution in [0.1, 0.15) is 20.8 Å². The molecule has 0 aromatic carbocycles. The quantitative estimate of drug-likeness (QED) is 0.480. The molecular weight excluding hydrogens is 295 g/mol. The molecule has 0 amide bonds. The SMILES string of the molecule is C=C(Br)/C=C(\C(NC(C)C)=C(/C)Cl)[N+](=O)[O-]. The fourth-order valence-corrected chi connectivity index (χ4v) is 1.37. The highest BCUT2D eigenvalue weighted by atomic mass is 79.9. The smallest absolute Gasteiger partial charge is 0.294 e. The van der Waals surface area contributed by atoms with Crippen LogP contribution in [0.5, 0.6) is 0 Å². The molecule has 0 unspecified atom stereocenters. The van der Waals surface area contributed by atoms with Crippen LogP contribution in [0.4, 0.5) is 0 Å². The molecule has 0 aromatic rings. The van der Waals surface area contributed by atoms with Gasteiger partial charge in [0.15, 0.2) is 0 Å². The molecule has 16 heavy (non-hydrogen) atoms. The second-order valence-corrected chi connectivity index (χ2v) is 5.03. The largest absolute Gasteiger partial charge is 0.376 e. The highest BCUT2D eigenvalue weighted by molar-refractivity contribution is 9.11. The van der Waals surface area contributed by atoms with Gasteiger partial charge in [-0.2, -0.15) is 0 Å². The van der Waals surface area contributed by atoms with Crippen molar-refractivity contribution in [2.45, 2.75) is 26.8 Å². The first-order chi connectivity index (χ1) is 7.25. The molecule has 0 aromatic heterocycles. The molecule has 0 rings (SSSR count). The van der Waals surface area contributed by atoms with Gasteiger partial charge in [0.2, 0.25) is 0 Å². The Morgan fingerprint density at radius 2 is 2.12 bits per heavy atom. The van der Waals surface area contributed by atoms with E-state index in [1.807, 2.05) is 13.8 Å². The third-order valence-electron chi connectivity index (χ3n) is 1.52. The minimum atomic E-state index is -0.497. The van der Waals surface area contributed by atoms with Gasteiger partial charge in [-0.15, -0.1) is 0 Å². The average molecular weight is 310 g/mol. The van der Waals surface area contributed by atoms with Gasteiger partial charge in [-0.05, 0) is 20.8 Å². The van der Waals surface area contributed by atoms with Crippen LogP contribution in [0.25, 0.3) is 0 Å². The van der Waals surface area contributed by atoms with E-state index in [-0.39, 0.29) is 11.7 Å². The summed E-state index contributed by atoms with van der Waals surface area (Å²) in [6, 6.07) is 0.0515. The van der Waals surface area contributed by atoms with Crippen LogP contribution in [0.3, 0.4) is 0 Å². The van der Waals surface area contributed by atoms with E-state index in [4.69, 9.17) is 11.6 Å². The van der Waals surface area contributed by atoms with E-state index in [1.54, 1.807) is 6.92 Å². The molecule has 6 heteroatoms. The lowest BCUT2D eigenvalue weighted by Gasteiger charge is -2.13. The van der Waals surface area contributed by atoms with Crippen LogP contribution < -0.4 is 5.32 Å². The zero-order chi connectivity index (χ0) is 12.9. The number of hydrogen-bond donors (Lipinski definition) is 1. The highest BCUT2D eigenvalue weighted by Gasteiger charge is 2.20. The van der Waals surface area contributed by atoms with Crippen molar-refractivity contribution in [2.24, 2.45) is 0 Å². The van der Waals surface area contributed by atoms with E-state index in [0.717, 1.165) is 0 Å². The van der Waals surface area contributed by atoms with Crippen LogP contribution in [0.2, 0.25) is 0 Å². The summed E-state index contributed by atoms with van der Waals surface area (Å²) in [5, 5.41) is 14.2. The van der Waals surface area contributed by atoms with Crippen molar-refractivity contribution in [3.63, 3.8) is 0 Å². The molecule has 0 atom stereocenters. The van der Waals surface area contributed by atoms with Crippen LogP contribution >= 0.6 is 27.5 Å². The molecule has 1 N–H and O–H groups in total. The molecule has 0 saturated heterocycles. The number of nitrogens with zero attached hydrogens (tertiary/aromatic N) is 1. The summed E-state index contributed by atoms with van der Waals surface area (Å²) < 4.78 is 0.417. The first-order valence-corrected chi connectivity index (χ1v) is 5.76. The molecule has 0 aliphatic rings. The summed E-state index contributed by atoms with van der Waals surface area (Å²) >= 11 is 8.90. The molecule has 0 bridgehead atoms. The predicted molar refractivity (Wildman–Crippen MR) is 70.0 cm³/mol. The lowest BCUT2D eigenvalue weighted by molar-refractivity contribution is -0.421. The zero-order valence-corrected chi connectivity index (χ0v) is 11.7. The van der Waals surface area contributed by atoms with Crippen molar-refractivity contribution in [3.8, 4) is 0 Å². The number of nitrogens with one attached hydrogen (secondary N) is 1. The number of hydrogen-bond acceptors (Lipinski definition) is 3. The van der Waals surface area contributed by atoms with Crippen molar-refractivity contribution in [2.75, 3.05) is 0 Å². The highest BCUT2D eigenvalue weighted by Crippen LogP contribution is 2.19. The van der Waals surface area contributed by atoms with E-state index in [0.29, 0.717) is 15.2 Å². The lowest BCUT2D eigenvalue weighted by atomic mass is 10.2. The molecule has 4 nitrogen and oxygen atoms in total. The van der Waals surface area contributed by atoms with Gasteiger partial charge in [0.05, 0.1) is 4.92 Å². The third kappa shape index (κ3) is 5.32. The summed E-state index contributed by atoms with van der Waals surface area (Å²) in [4.78, 5) is 10.4. The maximum absolute atomic E-state index is 10.9. The van der Waals surface area contributed by atoms with Crippen LogP contribution in [0, 0.1) is 10.1 Å². The molecule has 0 spiro atoms. The topological polar surface area (TPSA) is 55.2 Å². The summed E-state index contributed by atoms with van der Waals surface area (Å²) in [6.07, 6.45) is 1.32. The first-order valence-electron chi connectivity index (χ1n) is 4.59. The minimum Gasteiger partial charge on any atom is -0.376 e. The Morgan fingerprint density at radius 1 is 1.62 bits per heavy atom. The number of nitro groups is 1. The Labute approximate surface area is 108 Å². The van der Waals surface area contributed by atoms with E-state index in [2.05, 4.69) is 27.8 Å². The van der Waals surface area contributed by atoms with Gasteiger partial charge in [-0.1, -0.05) is 34.1 Å². The molecular formula is C10H14BrClN2O2. The van der Waals surface area contributed by atoms with E-state index >= 15 is 0 Å². The standard InChI is InChI=1S/C10H14BrClN2O2/c1-6(2)13-10(8(4)12)9(14(15)16)5-7(3)11/h5-6,13H,3H2,1-2,4H3/b9-5+,10-8-. The molecule has 0 aliphatic carbocycles. The van der Waals surface area contributed by atoms with Crippen LogP contribution in [0.15, 0.2) is 33.6 Å². The van der Waals surface area contributed by atoms with Crippen molar-refractivity contribution in [1.82, 2.24) is 5.32 Å². The van der Waals surface area contributed by atoms with Gasteiger partial charge in [0.1, 0.15) is 5.70 Å². The van der Waals surface area contributed by atoms with Crippen LogP contribution in [-0.4, -0.2) is 11.0 Å². The molecule has 0 fully saturated rings. The molecule has 0 radical (unpaired) electrons. The van der Waals surface area contributed by atoms with Gasteiger partial charge < -0.3 is 5.32 Å². The van der Waals surface area contributed by atoms with Gasteiger partial charge in [-0.3, -0.25) is 10.1 Å².